The zero-order chi connectivity index (χ0) is 10.8. The maximum absolute atomic E-state index is 10.5. The lowest BCUT2D eigenvalue weighted by atomic mass is 10.1. The van der Waals surface area contributed by atoms with Crippen molar-refractivity contribution in [1.29, 1.82) is 0 Å². The molecule has 1 atom stereocenters. The number of halogens is 1. The lowest BCUT2D eigenvalue weighted by Gasteiger charge is -2.05. The molecule has 0 radical (unpaired) electrons. The lowest BCUT2D eigenvalue weighted by molar-refractivity contribution is -0.380. The van der Waals surface area contributed by atoms with Gasteiger partial charge in [0, 0.05) is 16.3 Å². The first-order valence-corrected chi connectivity index (χ1v) is 5.96. The summed E-state index contributed by atoms with van der Waals surface area (Å²) in [5.74, 6) is 0. The highest BCUT2D eigenvalue weighted by Gasteiger charge is 2.16. The minimum Gasteiger partial charge on any atom is -0.320 e. The van der Waals surface area contributed by atoms with Crippen LogP contribution in [-0.2, 0) is 0 Å². The fourth-order valence-corrected chi connectivity index (χ4v) is 2.75. The second-order valence-corrected chi connectivity index (χ2v) is 4.84. The number of hydrogen-bond acceptors (Lipinski definition) is 5. The number of nitro groups is 1. The van der Waals surface area contributed by atoms with Crippen LogP contribution in [-0.4, -0.2) is 4.92 Å². The molecule has 4 nitrogen and oxygen atoms in total. The molecule has 0 bridgehead atoms. The third-order valence-electron chi connectivity index (χ3n) is 1.99. The highest BCUT2D eigenvalue weighted by Crippen LogP contribution is 2.30. The van der Waals surface area contributed by atoms with E-state index in [2.05, 4.69) is 0 Å². The van der Waals surface area contributed by atoms with Gasteiger partial charge in [-0.25, -0.2) is 0 Å². The smallest absolute Gasteiger partial charge is 0.320 e. The average Bonchev–Trinajstić information content (AvgIpc) is 2.88. The van der Waals surface area contributed by atoms with E-state index in [0.717, 1.165) is 21.8 Å². The molecule has 86 valence electrons. The molecule has 0 aliphatic carbocycles. The van der Waals surface area contributed by atoms with Gasteiger partial charge in [0.25, 0.3) is 0 Å². The normalized spacial score (nSPS) is 11.8. The Bertz CT molecular complexity index is 470. The lowest BCUT2D eigenvalue weighted by Crippen LogP contribution is -2.08. The van der Waals surface area contributed by atoms with Crippen molar-refractivity contribution in [3.63, 3.8) is 0 Å². The molecule has 0 fully saturated rings. The highest BCUT2D eigenvalue weighted by molar-refractivity contribution is 7.13. The van der Waals surface area contributed by atoms with Gasteiger partial charge in [0.15, 0.2) is 0 Å². The van der Waals surface area contributed by atoms with E-state index in [1.165, 1.54) is 6.07 Å². The van der Waals surface area contributed by atoms with Crippen molar-refractivity contribution < 1.29 is 4.92 Å². The van der Waals surface area contributed by atoms with Gasteiger partial charge in [-0.3, -0.25) is 10.1 Å². The Balaban J connectivity index is 0.00000128. The summed E-state index contributed by atoms with van der Waals surface area (Å²) >= 11 is 2.66. The van der Waals surface area contributed by atoms with Gasteiger partial charge in [-0.2, -0.15) is 0 Å². The average molecular weight is 277 g/mol. The van der Waals surface area contributed by atoms with Gasteiger partial charge in [0.2, 0.25) is 0 Å². The first-order chi connectivity index (χ1) is 7.18. The van der Waals surface area contributed by atoms with Gasteiger partial charge in [-0.15, -0.1) is 23.7 Å². The van der Waals surface area contributed by atoms with E-state index in [0.29, 0.717) is 0 Å². The number of rotatable bonds is 3. The van der Waals surface area contributed by atoms with Crippen LogP contribution in [0.15, 0.2) is 29.0 Å². The first-order valence-electron chi connectivity index (χ1n) is 4.20. The predicted octanol–water partition coefficient (Wildman–Crippen LogP) is 3.19. The summed E-state index contributed by atoms with van der Waals surface area (Å²) < 4.78 is 0. The van der Waals surface area contributed by atoms with Crippen LogP contribution in [0.4, 0.5) is 5.00 Å². The highest BCUT2D eigenvalue weighted by atomic mass is 35.5. The molecule has 2 rings (SSSR count). The Kier molecular flexibility index (Phi) is 4.43. The van der Waals surface area contributed by atoms with Crippen LogP contribution in [0.1, 0.15) is 16.5 Å². The topological polar surface area (TPSA) is 69.2 Å². The zero-order valence-electron chi connectivity index (χ0n) is 8.03. The standard InChI is InChI=1S/C9H8N2O2S2.ClH/c10-9(7-2-1-3-14-7)6-4-8(11(12)13)15-5-6;/h1-5,9H,10H2;1H/t9-;/m1./s1. The minimum atomic E-state index is -0.394. The monoisotopic (exact) mass is 276 g/mol. The van der Waals surface area contributed by atoms with Crippen LogP contribution in [0.5, 0.6) is 0 Å². The van der Waals surface area contributed by atoms with Crippen LogP contribution in [0.25, 0.3) is 0 Å². The molecule has 16 heavy (non-hydrogen) atoms. The quantitative estimate of drug-likeness (QED) is 0.691. The van der Waals surface area contributed by atoms with Crippen LogP contribution in [0.3, 0.4) is 0 Å². The molecular formula is C9H9ClN2O2S2. The molecular weight excluding hydrogens is 268 g/mol. The first kappa shape index (κ1) is 13.1. The second kappa shape index (κ2) is 5.40. The van der Waals surface area contributed by atoms with Crippen molar-refractivity contribution in [1.82, 2.24) is 0 Å². The summed E-state index contributed by atoms with van der Waals surface area (Å²) in [6.07, 6.45) is 0. The molecule has 2 N–H and O–H groups in total. The summed E-state index contributed by atoms with van der Waals surface area (Å²) in [4.78, 5) is 11.1. The van der Waals surface area contributed by atoms with Crippen molar-refractivity contribution in [2.75, 3.05) is 0 Å². The largest absolute Gasteiger partial charge is 0.324 e. The maximum Gasteiger partial charge on any atom is 0.324 e. The predicted molar refractivity (Wildman–Crippen MR) is 68.6 cm³/mol. The fourth-order valence-electron chi connectivity index (χ4n) is 1.23. The van der Waals surface area contributed by atoms with Gasteiger partial charge in [-0.1, -0.05) is 17.4 Å². The molecule has 0 aromatic carbocycles. The van der Waals surface area contributed by atoms with E-state index in [4.69, 9.17) is 5.73 Å². The molecule has 0 aliphatic heterocycles. The molecule has 2 heterocycles. The van der Waals surface area contributed by atoms with Gasteiger partial charge in [0.05, 0.1) is 11.0 Å². The van der Waals surface area contributed by atoms with Gasteiger partial charge >= 0.3 is 5.00 Å². The second-order valence-electron chi connectivity index (χ2n) is 2.97. The van der Waals surface area contributed by atoms with Crippen molar-refractivity contribution in [2.24, 2.45) is 5.73 Å². The molecule has 2 aromatic heterocycles. The van der Waals surface area contributed by atoms with Gasteiger partial charge < -0.3 is 5.73 Å². The molecule has 7 heteroatoms. The van der Waals surface area contributed by atoms with E-state index < -0.39 is 4.92 Å². The van der Waals surface area contributed by atoms with E-state index in [9.17, 15) is 10.1 Å². The maximum atomic E-state index is 10.5. The van der Waals surface area contributed by atoms with Gasteiger partial charge in [0.1, 0.15) is 0 Å². The summed E-state index contributed by atoms with van der Waals surface area (Å²) in [7, 11) is 0. The number of nitrogens with two attached hydrogens (primary N) is 1. The summed E-state index contributed by atoms with van der Waals surface area (Å²) in [5.41, 5.74) is 6.77. The minimum absolute atomic E-state index is 0. The van der Waals surface area contributed by atoms with Crippen LogP contribution >= 0.6 is 35.1 Å². The molecule has 0 aliphatic rings. The summed E-state index contributed by atoms with van der Waals surface area (Å²) in [6.45, 7) is 0. The molecule has 0 saturated heterocycles. The van der Waals surface area contributed by atoms with Crippen molar-refractivity contribution in [3.05, 3.63) is 49.5 Å². The Labute approximate surface area is 106 Å². The Morgan fingerprint density at radius 1 is 1.44 bits per heavy atom. The Morgan fingerprint density at radius 2 is 2.19 bits per heavy atom. The number of thiophene rings is 2. The zero-order valence-corrected chi connectivity index (χ0v) is 10.5. The Morgan fingerprint density at radius 3 is 2.69 bits per heavy atom. The third-order valence-corrected chi connectivity index (χ3v) is 3.85. The molecule has 0 unspecified atom stereocenters. The van der Waals surface area contributed by atoms with Crippen molar-refractivity contribution >= 4 is 40.1 Å². The van der Waals surface area contributed by atoms with Crippen LogP contribution < -0.4 is 5.73 Å². The van der Waals surface area contributed by atoms with E-state index in [1.54, 1.807) is 16.7 Å². The van der Waals surface area contributed by atoms with E-state index >= 15 is 0 Å². The number of nitrogens with zero attached hydrogens (tertiary/aromatic N) is 1. The molecule has 0 spiro atoms. The van der Waals surface area contributed by atoms with Crippen LogP contribution in [0.2, 0.25) is 0 Å². The third kappa shape index (κ3) is 2.59. The summed E-state index contributed by atoms with van der Waals surface area (Å²) in [5, 5.41) is 14.3. The van der Waals surface area contributed by atoms with Gasteiger partial charge in [-0.05, 0) is 17.0 Å². The van der Waals surface area contributed by atoms with E-state index in [1.807, 2.05) is 17.5 Å². The fraction of sp³-hybridized carbons (Fsp3) is 0.111. The summed E-state index contributed by atoms with van der Waals surface area (Å²) in [6, 6.07) is 5.13. The van der Waals surface area contributed by atoms with Crippen molar-refractivity contribution in [3.8, 4) is 0 Å². The molecule has 0 amide bonds. The SMILES string of the molecule is Cl.N[C@H](c1csc([N+](=O)[O-])c1)c1cccs1. The van der Waals surface area contributed by atoms with Crippen LogP contribution in [0, 0.1) is 10.1 Å². The van der Waals surface area contributed by atoms with Crippen molar-refractivity contribution in [2.45, 2.75) is 6.04 Å². The Hall–Kier alpha value is -0.950. The molecule has 0 saturated carbocycles. The number of hydrogen-bond donors (Lipinski definition) is 1. The van der Waals surface area contributed by atoms with E-state index in [-0.39, 0.29) is 23.4 Å². The molecule has 2 aromatic rings.